The lowest BCUT2D eigenvalue weighted by Crippen LogP contribution is -2.20. The molecule has 204 valence electrons. The van der Waals surface area contributed by atoms with E-state index in [0.29, 0.717) is 40.4 Å². The molecule has 0 aliphatic rings. The molecule has 0 fully saturated rings. The molecule has 0 aliphatic heterocycles. The van der Waals surface area contributed by atoms with Crippen molar-refractivity contribution in [2.75, 3.05) is 7.11 Å². The van der Waals surface area contributed by atoms with E-state index < -0.39 is 0 Å². The molecule has 6 aromatic rings. The quantitative estimate of drug-likeness (QED) is 0.154. The molecule has 0 radical (unpaired) electrons. The minimum absolute atomic E-state index is 0.280. The first kappa shape index (κ1) is 27.4. The second-order valence-electron chi connectivity index (χ2n) is 9.01. The Morgan fingerprint density at radius 2 is 1.76 bits per heavy atom. The fraction of sp³-hybridized carbons (Fsp3) is 0.0645. The Labute approximate surface area is 259 Å². The molecule has 0 aliphatic carbocycles. The Morgan fingerprint density at radius 1 is 0.902 bits per heavy atom. The molecule has 0 amide bonds. The summed E-state index contributed by atoms with van der Waals surface area (Å²) in [5.41, 5.74) is 2.63. The number of furan rings is 1. The van der Waals surface area contributed by atoms with Crippen LogP contribution in [0.1, 0.15) is 11.1 Å². The van der Waals surface area contributed by atoms with E-state index in [2.05, 4.69) is 52.9 Å². The molecular formula is C31H20Br3N3O4. The van der Waals surface area contributed by atoms with Gasteiger partial charge < -0.3 is 13.9 Å². The third kappa shape index (κ3) is 5.59. The van der Waals surface area contributed by atoms with Crippen molar-refractivity contribution in [3.05, 3.63) is 120 Å². The molecule has 0 bridgehead atoms. The summed E-state index contributed by atoms with van der Waals surface area (Å²) in [6, 6.07) is 26.0. The van der Waals surface area contributed by atoms with Crippen LogP contribution in [0, 0.1) is 0 Å². The molecule has 2 heterocycles. The lowest BCUT2D eigenvalue weighted by molar-refractivity contribution is 0.303. The maximum atomic E-state index is 13.6. The fourth-order valence-electron chi connectivity index (χ4n) is 4.35. The lowest BCUT2D eigenvalue weighted by Gasteiger charge is -2.10. The normalized spacial score (nSPS) is 11.5. The summed E-state index contributed by atoms with van der Waals surface area (Å²) in [6.45, 7) is 0.393. The number of benzene rings is 4. The number of hydrogen-bond donors (Lipinski definition) is 0. The van der Waals surface area contributed by atoms with Gasteiger partial charge in [0.1, 0.15) is 23.7 Å². The molecule has 10 heteroatoms. The van der Waals surface area contributed by atoms with Gasteiger partial charge >= 0.3 is 0 Å². The van der Waals surface area contributed by atoms with Gasteiger partial charge in [-0.25, -0.2) is 4.98 Å². The Bertz CT molecular complexity index is 2020. The summed E-state index contributed by atoms with van der Waals surface area (Å²) in [5.74, 6) is 2.02. The van der Waals surface area contributed by atoms with E-state index in [1.54, 1.807) is 31.5 Å². The number of ether oxygens (including phenoxy) is 2. The van der Waals surface area contributed by atoms with E-state index in [9.17, 15) is 4.79 Å². The SMILES string of the molecule is COc1cccc2oc(-c3nc4ccccc4c(=O)n3N=Cc3ccc(OCc4ccc(Br)cc4Br)c(Br)c3)cc12. The smallest absolute Gasteiger partial charge is 0.282 e. The first-order valence-corrected chi connectivity index (χ1v) is 14.8. The van der Waals surface area contributed by atoms with Gasteiger partial charge in [0.05, 0.1) is 34.1 Å². The van der Waals surface area contributed by atoms with Crippen molar-refractivity contribution in [2.45, 2.75) is 6.61 Å². The Kier molecular flexibility index (Phi) is 7.79. The fourth-order valence-corrected chi connectivity index (χ4v) is 6.02. The first-order chi connectivity index (χ1) is 19.9. The molecule has 0 saturated carbocycles. The van der Waals surface area contributed by atoms with Crippen molar-refractivity contribution in [3.63, 3.8) is 0 Å². The van der Waals surface area contributed by atoms with Gasteiger partial charge in [-0.3, -0.25) is 4.79 Å². The third-order valence-corrected chi connectivity index (χ3v) is 8.24. The van der Waals surface area contributed by atoms with Crippen LogP contribution < -0.4 is 15.0 Å². The number of rotatable bonds is 7. The van der Waals surface area contributed by atoms with Crippen LogP contribution in [-0.4, -0.2) is 23.0 Å². The van der Waals surface area contributed by atoms with Crippen molar-refractivity contribution in [3.8, 4) is 23.1 Å². The molecule has 7 nitrogen and oxygen atoms in total. The highest BCUT2D eigenvalue weighted by molar-refractivity contribution is 9.11. The van der Waals surface area contributed by atoms with Crippen LogP contribution in [0.4, 0.5) is 0 Å². The topological polar surface area (TPSA) is 78.9 Å². The third-order valence-electron chi connectivity index (χ3n) is 6.39. The highest BCUT2D eigenvalue weighted by atomic mass is 79.9. The molecule has 41 heavy (non-hydrogen) atoms. The van der Waals surface area contributed by atoms with Gasteiger partial charge in [0.15, 0.2) is 5.76 Å². The van der Waals surface area contributed by atoms with Crippen molar-refractivity contribution in [1.82, 2.24) is 9.66 Å². The van der Waals surface area contributed by atoms with E-state index in [1.165, 1.54) is 4.68 Å². The van der Waals surface area contributed by atoms with Gasteiger partial charge in [0.25, 0.3) is 5.56 Å². The van der Waals surface area contributed by atoms with Crippen LogP contribution in [0.5, 0.6) is 11.5 Å². The van der Waals surface area contributed by atoms with Crippen LogP contribution in [-0.2, 0) is 6.61 Å². The van der Waals surface area contributed by atoms with Crippen LogP contribution in [0.3, 0.4) is 0 Å². The van der Waals surface area contributed by atoms with Crippen molar-refractivity contribution in [2.24, 2.45) is 5.10 Å². The predicted molar refractivity (Wildman–Crippen MR) is 171 cm³/mol. The largest absolute Gasteiger partial charge is 0.496 e. The number of nitrogens with zero attached hydrogens (tertiary/aromatic N) is 3. The van der Waals surface area contributed by atoms with E-state index in [1.807, 2.05) is 66.7 Å². The minimum atomic E-state index is -0.312. The van der Waals surface area contributed by atoms with E-state index in [0.717, 1.165) is 29.9 Å². The van der Waals surface area contributed by atoms with Gasteiger partial charge in [-0.1, -0.05) is 56.1 Å². The summed E-state index contributed by atoms with van der Waals surface area (Å²) in [7, 11) is 1.60. The zero-order valence-corrected chi connectivity index (χ0v) is 26.2. The second-order valence-corrected chi connectivity index (χ2v) is 11.6. The zero-order chi connectivity index (χ0) is 28.5. The second kappa shape index (κ2) is 11.6. The Balaban J connectivity index is 1.35. The summed E-state index contributed by atoms with van der Waals surface area (Å²) < 4.78 is 21.6. The van der Waals surface area contributed by atoms with Crippen molar-refractivity contribution >= 4 is 75.9 Å². The highest BCUT2D eigenvalue weighted by Crippen LogP contribution is 2.33. The molecule has 0 N–H and O–H groups in total. The van der Waals surface area contributed by atoms with Gasteiger partial charge in [-0.05, 0) is 82.2 Å². The number of fused-ring (bicyclic) bond motifs is 2. The lowest BCUT2D eigenvalue weighted by atomic mass is 10.2. The summed E-state index contributed by atoms with van der Waals surface area (Å²) >= 11 is 10.6. The molecule has 0 spiro atoms. The summed E-state index contributed by atoms with van der Waals surface area (Å²) in [4.78, 5) is 18.3. The van der Waals surface area contributed by atoms with E-state index in [-0.39, 0.29) is 11.4 Å². The van der Waals surface area contributed by atoms with Crippen LogP contribution in [0.25, 0.3) is 33.5 Å². The van der Waals surface area contributed by atoms with Crippen LogP contribution >= 0.6 is 47.8 Å². The van der Waals surface area contributed by atoms with Crippen LogP contribution in [0.15, 0.2) is 113 Å². The minimum Gasteiger partial charge on any atom is -0.496 e. The summed E-state index contributed by atoms with van der Waals surface area (Å²) in [5, 5.41) is 5.78. The average molecular weight is 738 g/mol. The molecular weight excluding hydrogens is 718 g/mol. The molecule has 2 aromatic heterocycles. The van der Waals surface area contributed by atoms with E-state index >= 15 is 0 Å². The van der Waals surface area contributed by atoms with Gasteiger partial charge in [-0.15, -0.1) is 0 Å². The number of para-hydroxylation sites is 1. The van der Waals surface area contributed by atoms with Gasteiger partial charge in [-0.2, -0.15) is 9.78 Å². The first-order valence-electron chi connectivity index (χ1n) is 12.4. The number of aromatic nitrogens is 2. The number of methoxy groups -OCH3 is 1. The summed E-state index contributed by atoms with van der Waals surface area (Å²) in [6.07, 6.45) is 1.60. The monoisotopic (exact) mass is 735 g/mol. The van der Waals surface area contributed by atoms with Gasteiger partial charge in [0.2, 0.25) is 5.82 Å². The maximum Gasteiger partial charge on any atom is 0.282 e. The molecule has 0 atom stereocenters. The average Bonchev–Trinajstić information content (AvgIpc) is 3.41. The van der Waals surface area contributed by atoms with E-state index in [4.69, 9.17) is 18.9 Å². The number of hydrogen-bond acceptors (Lipinski definition) is 6. The standard InChI is InChI=1S/C31H20Br3N3O4/c1-39-26-7-4-8-27-22(26)15-29(41-27)30-36-25-6-3-2-5-21(25)31(38)37(30)35-16-18-9-12-28(24(34)13-18)40-17-19-10-11-20(32)14-23(19)33/h2-16H,17H2,1H3. The molecule has 0 unspecified atom stereocenters. The van der Waals surface area contributed by atoms with Crippen molar-refractivity contribution < 1.29 is 13.9 Å². The Morgan fingerprint density at radius 3 is 2.56 bits per heavy atom. The molecule has 6 rings (SSSR count). The highest BCUT2D eigenvalue weighted by Gasteiger charge is 2.18. The van der Waals surface area contributed by atoms with Crippen LogP contribution in [0.2, 0.25) is 0 Å². The zero-order valence-electron chi connectivity index (χ0n) is 21.5. The maximum absolute atomic E-state index is 13.6. The molecule has 4 aromatic carbocycles. The molecule has 0 saturated heterocycles. The predicted octanol–water partition coefficient (Wildman–Crippen LogP) is 8.57. The Hall–Kier alpha value is -3.73. The van der Waals surface area contributed by atoms with Crippen molar-refractivity contribution in [1.29, 1.82) is 0 Å². The number of halogens is 3. The van der Waals surface area contributed by atoms with Gasteiger partial charge in [0, 0.05) is 14.5 Å².